The van der Waals surface area contributed by atoms with Crippen molar-refractivity contribution in [1.29, 1.82) is 0 Å². The van der Waals surface area contributed by atoms with Crippen LogP contribution in [0.25, 0.3) is 0 Å². The van der Waals surface area contributed by atoms with Gasteiger partial charge >= 0.3 is 12.1 Å². The summed E-state index contributed by atoms with van der Waals surface area (Å²) < 4.78 is 14.9. The third-order valence-corrected chi connectivity index (χ3v) is 2.18. The molecule has 0 aromatic carbocycles. The first kappa shape index (κ1) is 15.3. The molecule has 1 amide bonds. The molecule has 1 N–H and O–H groups in total. The minimum atomic E-state index is -0.665. The fraction of sp³-hybridized carbons (Fsp3) is 0.750. The van der Waals surface area contributed by atoms with Crippen molar-refractivity contribution in [3.8, 4) is 0 Å². The molecular formula is C12H20N2O5. The maximum absolute atomic E-state index is 11.4. The molecule has 19 heavy (non-hydrogen) atoms. The number of hydrogen-bond donors (Lipinski definition) is 1. The minimum absolute atomic E-state index is 0.258. The fourth-order valence-electron chi connectivity index (χ4n) is 1.40. The number of nitrogens with one attached hydrogen (secondary N) is 1. The van der Waals surface area contributed by atoms with Gasteiger partial charge in [-0.15, -0.1) is 0 Å². The molecule has 0 aromatic rings. The third-order valence-electron chi connectivity index (χ3n) is 2.18. The number of carbonyl (C=O) groups excluding carboxylic acids is 2. The van der Waals surface area contributed by atoms with E-state index in [0.29, 0.717) is 18.9 Å². The molecule has 0 bridgehead atoms. The minimum Gasteiger partial charge on any atom is -0.466 e. The maximum Gasteiger partial charge on any atom is 0.407 e. The van der Waals surface area contributed by atoms with E-state index in [9.17, 15) is 9.59 Å². The Balaban J connectivity index is 2.21. The largest absolute Gasteiger partial charge is 0.466 e. The van der Waals surface area contributed by atoms with Crippen LogP contribution in [0.4, 0.5) is 4.79 Å². The highest BCUT2D eigenvalue weighted by Crippen LogP contribution is 2.09. The molecule has 0 saturated heterocycles. The van der Waals surface area contributed by atoms with Crippen LogP contribution in [0, 0.1) is 0 Å². The first-order valence-electron chi connectivity index (χ1n) is 6.06. The molecule has 0 spiro atoms. The number of nitrogens with zero attached hydrogens (tertiary/aromatic N) is 1. The van der Waals surface area contributed by atoms with Crippen LogP contribution >= 0.6 is 0 Å². The lowest BCUT2D eigenvalue weighted by Gasteiger charge is -2.19. The molecule has 108 valence electrons. The van der Waals surface area contributed by atoms with E-state index in [-0.39, 0.29) is 6.54 Å². The Bertz CT molecular complexity index is 373. The number of aliphatic imine (C=N–C) groups is 1. The van der Waals surface area contributed by atoms with Crippen LogP contribution in [0.5, 0.6) is 0 Å². The van der Waals surface area contributed by atoms with Gasteiger partial charge in [-0.1, -0.05) is 0 Å². The van der Waals surface area contributed by atoms with Crippen molar-refractivity contribution >= 4 is 18.0 Å². The van der Waals surface area contributed by atoms with Crippen LogP contribution in [0.3, 0.4) is 0 Å². The number of ether oxygens (including phenoxy) is 3. The van der Waals surface area contributed by atoms with Gasteiger partial charge in [-0.05, 0) is 20.8 Å². The number of methoxy groups -OCH3 is 1. The van der Waals surface area contributed by atoms with E-state index in [0.717, 1.165) is 0 Å². The second kappa shape index (κ2) is 6.40. The van der Waals surface area contributed by atoms with E-state index in [2.05, 4.69) is 15.0 Å². The van der Waals surface area contributed by atoms with Crippen LogP contribution in [0.15, 0.2) is 4.99 Å². The second-order valence-electron chi connectivity index (χ2n) is 5.04. The predicted octanol–water partition coefficient (Wildman–Crippen LogP) is 0.871. The summed E-state index contributed by atoms with van der Waals surface area (Å²) in [5, 5.41) is 2.59. The summed E-state index contributed by atoms with van der Waals surface area (Å²) in [6, 6.07) is 0. The zero-order valence-electron chi connectivity index (χ0n) is 11.7. The van der Waals surface area contributed by atoms with E-state index >= 15 is 0 Å². The first-order valence-corrected chi connectivity index (χ1v) is 6.06. The molecule has 0 aliphatic carbocycles. The van der Waals surface area contributed by atoms with Crippen molar-refractivity contribution in [2.45, 2.75) is 38.9 Å². The number of carbonyl (C=O) groups is 2. The van der Waals surface area contributed by atoms with Gasteiger partial charge in [-0.25, -0.2) is 9.59 Å². The molecule has 1 heterocycles. The Hall–Kier alpha value is -1.79. The summed E-state index contributed by atoms with van der Waals surface area (Å²) in [6.45, 7) is 5.96. The molecule has 1 atom stereocenters. The maximum atomic E-state index is 11.4. The van der Waals surface area contributed by atoms with Crippen LogP contribution in [0.1, 0.15) is 27.2 Å². The molecule has 0 fully saturated rings. The van der Waals surface area contributed by atoms with Gasteiger partial charge in [0, 0.05) is 13.0 Å². The molecule has 1 aliphatic heterocycles. The molecule has 7 heteroatoms. The molecule has 1 rings (SSSR count). The quantitative estimate of drug-likeness (QED) is 0.767. The van der Waals surface area contributed by atoms with E-state index in [1.807, 2.05) is 0 Å². The third kappa shape index (κ3) is 5.58. The topological polar surface area (TPSA) is 86.2 Å². The number of hydrogen-bond acceptors (Lipinski definition) is 6. The molecule has 1 unspecified atom stereocenters. The Labute approximate surface area is 112 Å². The van der Waals surface area contributed by atoms with Crippen LogP contribution < -0.4 is 5.32 Å². The average molecular weight is 272 g/mol. The predicted molar refractivity (Wildman–Crippen MR) is 68.0 cm³/mol. The van der Waals surface area contributed by atoms with Gasteiger partial charge in [-0.3, -0.25) is 4.99 Å². The Morgan fingerprint density at radius 2 is 2.16 bits per heavy atom. The van der Waals surface area contributed by atoms with Crippen LogP contribution in [0.2, 0.25) is 0 Å². The summed E-state index contributed by atoms with van der Waals surface area (Å²) in [4.78, 5) is 26.6. The fourth-order valence-corrected chi connectivity index (χ4v) is 1.40. The highest BCUT2D eigenvalue weighted by atomic mass is 16.6. The van der Waals surface area contributed by atoms with Gasteiger partial charge in [-0.2, -0.15) is 0 Å². The van der Waals surface area contributed by atoms with Gasteiger partial charge < -0.3 is 19.5 Å². The molecule has 0 aromatic heterocycles. The lowest BCUT2D eigenvalue weighted by molar-refractivity contribution is -0.148. The molecular weight excluding hydrogens is 252 g/mol. The van der Waals surface area contributed by atoms with Gasteiger partial charge in [0.1, 0.15) is 5.60 Å². The van der Waals surface area contributed by atoms with Gasteiger partial charge in [0.25, 0.3) is 0 Å². The van der Waals surface area contributed by atoms with Crippen molar-refractivity contribution in [1.82, 2.24) is 5.32 Å². The summed E-state index contributed by atoms with van der Waals surface area (Å²) in [6.07, 6.45) is -0.746. The summed E-state index contributed by atoms with van der Waals surface area (Å²) in [5.41, 5.74) is -0.526. The number of alkyl carbamates (subject to hydrolysis) is 1. The van der Waals surface area contributed by atoms with Crippen molar-refractivity contribution in [3.05, 3.63) is 0 Å². The molecule has 0 radical (unpaired) electrons. The van der Waals surface area contributed by atoms with Gasteiger partial charge in [0.15, 0.2) is 5.90 Å². The van der Waals surface area contributed by atoms with Gasteiger partial charge in [0.05, 0.1) is 13.7 Å². The normalized spacial score (nSPS) is 18.3. The number of amides is 1. The van der Waals surface area contributed by atoms with E-state index in [1.165, 1.54) is 7.11 Å². The molecule has 0 saturated carbocycles. The second-order valence-corrected chi connectivity index (χ2v) is 5.04. The van der Waals surface area contributed by atoms with E-state index in [4.69, 9.17) is 9.47 Å². The number of rotatable bonds is 4. The van der Waals surface area contributed by atoms with Crippen molar-refractivity contribution in [2.75, 3.05) is 20.2 Å². The van der Waals surface area contributed by atoms with Crippen LogP contribution in [-0.2, 0) is 19.0 Å². The van der Waals surface area contributed by atoms with Crippen molar-refractivity contribution in [2.24, 2.45) is 4.99 Å². The average Bonchev–Trinajstić information content (AvgIpc) is 2.74. The number of esters is 1. The zero-order chi connectivity index (χ0) is 14.5. The Morgan fingerprint density at radius 3 is 2.74 bits per heavy atom. The highest BCUT2D eigenvalue weighted by molar-refractivity contribution is 5.85. The lowest BCUT2D eigenvalue weighted by atomic mass is 10.2. The first-order chi connectivity index (χ1) is 8.81. The Morgan fingerprint density at radius 1 is 1.47 bits per heavy atom. The SMILES string of the molecule is COC(=O)C1CN=C(CCNC(=O)OC(C)(C)C)O1. The summed E-state index contributed by atoms with van der Waals surface area (Å²) in [7, 11) is 1.30. The van der Waals surface area contributed by atoms with E-state index in [1.54, 1.807) is 20.8 Å². The zero-order valence-corrected chi connectivity index (χ0v) is 11.7. The van der Waals surface area contributed by atoms with Crippen molar-refractivity contribution in [3.63, 3.8) is 0 Å². The lowest BCUT2D eigenvalue weighted by Crippen LogP contribution is -2.34. The summed E-state index contributed by atoms with van der Waals surface area (Å²) >= 11 is 0. The molecule has 1 aliphatic rings. The highest BCUT2D eigenvalue weighted by Gasteiger charge is 2.27. The van der Waals surface area contributed by atoms with E-state index < -0.39 is 23.8 Å². The van der Waals surface area contributed by atoms with Crippen LogP contribution in [-0.4, -0.2) is 49.9 Å². The van der Waals surface area contributed by atoms with Gasteiger partial charge in [0.2, 0.25) is 6.10 Å². The smallest absolute Gasteiger partial charge is 0.407 e. The molecule has 7 nitrogen and oxygen atoms in total. The Kier molecular flexibility index (Phi) is 5.14. The standard InChI is InChI=1S/C12H20N2O5/c1-12(2,3)19-11(16)13-6-5-9-14-7-8(18-9)10(15)17-4/h8H,5-7H2,1-4H3,(H,13,16). The van der Waals surface area contributed by atoms with Crippen molar-refractivity contribution < 1.29 is 23.8 Å². The monoisotopic (exact) mass is 272 g/mol. The summed E-state index contributed by atoms with van der Waals surface area (Å²) in [5.74, 6) is -0.00897.